The molecule has 0 unspecified atom stereocenters. The van der Waals surface area contributed by atoms with Crippen molar-refractivity contribution in [2.24, 2.45) is 5.73 Å². The maximum atomic E-state index is 12.3. The van der Waals surface area contributed by atoms with Crippen LogP contribution in [0.2, 0.25) is 0 Å². The highest BCUT2D eigenvalue weighted by Crippen LogP contribution is 2.38. The van der Waals surface area contributed by atoms with E-state index in [0.717, 1.165) is 40.8 Å². The van der Waals surface area contributed by atoms with Gasteiger partial charge in [-0.2, -0.15) is 0 Å². The van der Waals surface area contributed by atoms with Gasteiger partial charge in [0.25, 0.3) is 11.8 Å². The van der Waals surface area contributed by atoms with Gasteiger partial charge in [-0.15, -0.1) is 11.3 Å². The van der Waals surface area contributed by atoms with Crippen LogP contribution in [0.4, 0.5) is 5.00 Å². The fourth-order valence-electron chi connectivity index (χ4n) is 3.44. The van der Waals surface area contributed by atoms with Crippen molar-refractivity contribution >= 4 is 45.5 Å². The van der Waals surface area contributed by atoms with E-state index in [2.05, 4.69) is 24.5 Å². The van der Waals surface area contributed by atoms with Gasteiger partial charge in [0.1, 0.15) is 10.8 Å². The van der Waals surface area contributed by atoms with Crippen LogP contribution in [-0.2, 0) is 17.6 Å². The van der Waals surface area contributed by atoms with Gasteiger partial charge >= 0.3 is 0 Å². The molecule has 0 saturated carbocycles. The molecule has 1 aliphatic rings. The zero-order valence-corrected chi connectivity index (χ0v) is 18.4. The second-order valence-electron chi connectivity index (χ2n) is 7.41. The fraction of sp³-hybridized carbons (Fsp3) is 0.381. The molecular formula is C21H25N3O3S2. The second-order valence-corrected chi connectivity index (χ2v) is 8.93. The zero-order valence-electron chi connectivity index (χ0n) is 16.8. The third-order valence-corrected chi connectivity index (χ3v) is 6.21. The number of primary amides is 1. The summed E-state index contributed by atoms with van der Waals surface area (Å²) in [5.74, 6) is 0.123. The molecule has 0 bridgehead atoms. The van der Waals surface area contributed by atoms with E-state index >= 15 is 0 Å². The van der Waals surface area contributed by atoms with Crippen LogP contribution in [0.25, 0.3) is 0 Å². The summed E-state index contributed by atoms with van der Waals surface area (Å²) < 4.78 is 5.73. The number of aryl methyl sites for hydroxylation is 2. The number of nitrogens with two attached hydrogens (primary N) is 1. The molecule has 0 saturated heterocycles. The minimum atomic E-state index is -0.481. The highest BCUT2D eigenvalue weighted by molar-refractivity contribution is 7.80. The van der Waals surface area contributed by atoms with Crippen LogP contribution < -0.4 is 21.1 Å². The number of fused-ring (bicyclic) bond motifs is 1. The minimum absolute atomic E-state index is 0.120. The van der Waals surface area contributed by atoms with E-state index in [-0.39, 0.29) is 23.5 Å². The van der Waals surface area contributed by atoms with Crippen molar-refractivity contribution < 1.29 is 14.3 Å². The van der Waals surface area contributed by atoms with Crippen LogP contribution >= 0.6 is 23.6 Å². The number of carbonyl (C=O) groups excluding carboxylic acids is 2. The van der Waals surface area contributed by atoms with Crippen LogP contribution in [0.3, 0.4) is 0 Å². The molecule has 1 aromatic carbocycles. The Labute approximate surface area is 179 Å². The lowest BCUT2D eigenvalue weighted by Crippen LogP contribution is -2.37. The van der Waals surface area contributed by atoms with Gasteiger partial charge < -0.3 is 15.8 Å². The summed E-state index contributed by atoms with van der Waals surface area (Å²) in [5.41, 5.74) is 9.14. The van der Waals surface area contributed by atoms with Gasteiger partial charge in [-0.3, -0.25) is 14.9 Å². The van der Waals surface area contributed by atoms with Crippen molar-refractivity contribution in [2.45, 2.75) is 46.0 Å². The number of rotatable bonds is 6. The molecule has 6 nitrogen and oxygen atoms in total. The first-order valence-electron chi connectivity index (χ1n) is 9.54. The molecule has 1 aromatic heterocycles. The van der Waals surface area contributed by atoms with Gasteiger partial charge in [-0.25, -0.2) is 0 Å². The van der Waals surface area contributed by atoms with Crippen molar-refractivity contribution in [3.05, 3.63) is 45.3 Å². The van der Waals surface area contributed by atoms with Gasteiger partial charge in [0.05, 0.1) is 5.56 Å². The van der Waals surface area contributed by atoms with Crippen molar-refractivity contribution in [1.29, 1.82) is 0 Å². The number of benzene rings is 1. The number of hydrogen-bond acceptors (Lipinski definition) is 5. The Balaban J connectivity index is 1.61. The maximum Gasteiger partial charge on any atom is 0.264 e. The van der Waals surface area contributed by atoms with Crippen molar-refractivity contribution in [1.82, 2.24) is 5.32 Å². The van der Waals surface area contributed by atoms with E-state index in [1.54, 1.807) is 0 Å². The number of anilines is 1. The standard InChI is InChI=1S/C21H25N3O3S2/c1-11(2)13-8-7-12(3)9-15(13)27-10-17(25)23-21(28)24-20-18(19(22)26)14-5-4-6-16(14)29-20/h7-9,11H,4-6,10H2,1-3H3,(H2,22,26)(H2,23,24,25,28). The molecule has 0 fully saturated rings. The van der Waals surface area contributed by atoms with Crippen LogP contribution in [0.1, 0.15) is 58.1 Å². The van der Waals surface area contributed by atoms with E-state index < -0.39 is 5.91 Å². The Hall–Kier alpha value is -2.45. The quantitative estimate of drug-likeness (QED) is 0.607. The molecule has 1 heterocycles. The zero-order chi connectivity index (χ0) is 21.1. The highest BCUT2D eigenvalue weighted by Gasteiger charge is 2.25. The maximum absolute atomic E-state index is 12.3. The summed E-state index contributed by atoms with van der Waals surface area (Å²) in [5, 5.41) is 6.27. The Morgan fingerprint density at radius 3 is 2.76 bits per heavy atom. The summed E-state index contributed by atoms with van der Waals surface area (Å²) in [6.07, 6.45) is 2.80. The third-order valence-electron chi connectivity index (χ3n) is 4.80. The lowest BCUT2D eigenvalue weighted by Gasteiger charge is -2.15. The van der Waals surface area contributed by atoms with Crippen LogP contribution in [-0.4, -0.2) is 23.5 Å². The average molecular weight is 432 g/mol. The SMILES string of the molecule is Cc1ccc(C(C)C)c(OCC(=O)NC(=S)Nc2sc3c(c2C(N)=O)CCC3)c1. The fourth-order valence-corrected chi connectivity index (χ4v) is 5.02. The first-order valence-corrected chi connectivity index (χ1v) is 10.8. The van der Waals surface area contributed by atoms with Gasteiger partial charge in [0.15, 0.2) is 11.7 Å². The smallest absolute Gasteiger partial charge is 0.264 e. The molecule has 29 heavy (non-hydrogen) atoms. The number of amides is 2. The third kappa shape index (κ3) is 4.94. The van der Waals surface area contributed by atoms with E-state index in [4.69, 9.17) is 22.7 Å². The number of thiocarbonyl (C=S) groups is 1. The molecule has 0 radical (unpaired) electrons. The molecule has 1 aliphatic carbocycles. The lowest BCUT2D eigenvalue weighted by atomic mass is 10.0. The van der Waals surface area contributed by atoms with E-state index in [1.165, 1.54) is 11.3 Å². The number of nitrogens with one attached hydrogen (secondary N) is 2. The highest BCUT2D eigenvalue weighted by atomic mass is 32.1. The van der Waals surface area contributed by atoms with Crippen LogP contribution in [0.5, 0.6) is 5.75 Å². The summed E-state index contributed by atoms with van der Waals surface area (Å²) in [6, 6.07) is 5.96. The molecule has 8 heteroatoms. The molecule has 0 atom stereocenters. The van der Waals surface area contributed by atoms with E-state index in [1.807, 2.05) is 25.1 Å². The lowest BCUT2D eigenvalue weighted by molar-refractivity contribution is -0.121. The molecule has 4 N–H and O–H groups in total. The first-order chi connectivity index (χ1) is 13.8. The number of thiophene rings is 1. The van der Waals surface area contributed by atoms with Crippen LogP contribution in [0.15, 0.2) is 18.2 Å². The number of carbonyl (C=O) groups is 2. The first kappa shape index (κ1) is 21.3. The van der Waals surface area contributed by atoms with Crippen molar-refractivity contribution in [3.8, 4) is 5.75 Å². The molecule has 0 aliphatic heterocycles. The van der Waals surface area contributed by atoms with E-state index in [9.17, 15) is 9.59 Å². The molecular weight excluding hydrogens is 406 g/mol. The Kier molecular flexibility index (Phi) is 6.54. The van der Waals surface area contributed by atoms with Gasteiger partial charge in [-0.05, 0) is 67.1 Å². The summed E-state index contributed by atoms with van der Waals surface area (Å²) >= 11 is 6.71. The summed E-state index contributed by atoms with van der Waals surface area (Å²) in [4.78, 5) is 25.3. The topological polar surface area (TPSA) is 93.4 Å². The monoisotopic (exact) mass is 431 g/mol. The number of ether oxygens (including phenoxy) is 1. The normalized spacial score (nSPS) is 12.6. The van der Waals surface area contributed by atoms with E-state index in [0.29, 0.717) is 16.3 Å². The largest absolute Gasteiger partial charge is 0.483 e. The van der Waals surface area contributed by atoms with Crippen molar-refractivity contribution in [3.63, 3.8) is 0 Å². The van der Waals surface area contributed by atoms with Crippen molar-refractivity contribution in [2.75, 3.05) is 11.9 Å². The second kappa shape index (κ2) is 8.92. The molecule has 0 spiro atoms. The Morgan fingerprint density at radius 1 is 1.31 bits per heavy atom. The molecule has 154 valence electrons. The molecule has 2 aromatic rings. The minimum Gasteiger partial charge on any atom is -0.483 e. The average Bonchev–Trinajstić information content (AvgIpc) is 3.19. The molecule has 3 rings (SSSR count). The van der Waals surface area contributed by atoms with Crippen LogP contribution in [0, 0.1) is 6.92 Å². The Morgan fingerprint density at radius 2 is 2.07 bits per heavy atom. The summed E-state index contributed by atoms with van der Waals surface area (Å²) in [6.45, 7) is 5.97. The number of hydrogen-bond donors (Lipinski definition) is 3. The van der Waals surface area contributed by atoms with Gasteiger partial charge in [0, 0.05) is 4.88 Å². The predicted octanol–water partition coefficient (Wildman–Crippen LogP) is 3.66. The Bertz CT molecular complexity index is 966. The summed E-state index contributed by atoms with van der Waals surface area (Å²) in [7, 11) is 0. The predicted molar refractivity (Wildman–Crippen MR) is 120 cm³/mol. The molecule has 2 amide bonds. The van der Waals surface area contributed by atoms with Gasteiger partial charge in [0.2, 0.25) is 0 Å². The van der Waals surface area contributed by atoms with Gasteiger partial charge in [-0.1, -0.05) is 26.0 Å².